The van der Waals surface area contributed by atoms with Gasteiger partial charge in [0.1, 0.15) is 5.75 Å². The first kappa shape index (κ1) is 25.4. The smallest absolute Gasteiger partial charge is 0.452 e. The van der Waals surface area contributed by atoms with Crippen LogP contribution in [-0.4, -0.2) is 48.2 Å². The summed E-state index contributed by atoms with van der Waals surface area (Å²) in [5.41, 5.74) is 0.727. The minimum Gasteiger partial charge on any atom is -0.452 e. The highest BCUT2D eigenvalue weighted by Crippen LogP contribution is 2.25. The molecular formula is C23H22ClF3N2O5. The Hall–Kier alpha value is -3.27. The van der Waals surface area contributed by atoms with E-state index in [2.05, 4.69) is 10.1 Å². The Morgan fingerprint density at radius 3 is 2.18 bits per heavy atom. The van der Waals surface area contributed by atoms with Crippen LogP contribution >= 0.6 is 11.6 Å². The number of hydrogen-bond donors (Lipinski definition) is 1. The molecule has 0 bridgehead atoms. The molecule has 0 aromatic heterocycles. The van der Waals surface area contributed by atoms with E-state index < -0.39 is 36.0 Å². The Kier molecular flexibility index (Phi) is 8.03. The number of benzene rings is 2. The van der Waals surface area contributed by atoms with Gasteiger partial charge in [-0.2, -0.15) is 0 Å². The lowest BCUT2D eigenvalue weighted by molar-refractivity contribution is -0.274. The summed E-state index contributed by atoms with van der Waals surface area (Å²) in [6.07, 6.45) is -5.14. The topological polar surface area (TPSA) is 84.9 Å². The standard InChI is InChI=1S/C23H22ClF3N2O5/c1-14(20(30)28-18-6-8-19(9-7-18)34-23(25,26)27)33-22(32)16-10-12-29(13-11-16)21(31)15-2-4-17(24)5-3-15/h2-9,14,16H,10-13H2,1H3,(H,28,30). The molecule has 1 heterocycles. The maximum Gasteiger partial charge on any atom is 0.573 e. The number of rotatable bonds is 6. The largest absolute Gasteiger partial charge is 0.573 e. The van der Waals surface area contributed by atoms with Crippen LogP contribution in [0, 0.1) is 5.92 Å². The molecule has 2 amide bonds. The van der Waals surface area contributed by atoms with Crippen LogP contribution in [-0.2, 0) is 14.3 Å². The first-order valence-electron chi connectivity index (χ1n) is 10.4. The quantitative estimate of drug-likeness (QED) is 0.585. The molecule has 7 nitrogen and oxygen atoms in total. The molecule has 11 heteroatoms. The number of amides is 2. The summed E-state index contributed by atoms with van der Waals surface area (Å²) in [6, 6.07) is 11.1. The van der Waals surface area contributed by atoms with Gasteiger partial charge < -0.3 is 19.7 Å². The van der Waals surface area contributed by atoms with E-state index in [-0.39, 0.29) is 11.6 Å². The molecule has 34 heavy (non-hydrogen) atoms. The van der Waals surface area contributed by atoms with Crippen molar-refractivity contribution >= 4 is 35.1 Å². The van der Waals surface area contributed by atoms with E-state index in [1.54, 1.807) is 29.2 Å². The molecule has 2 aromatic rings. The molecule has 2 aromatic carbocycles. The zero-order chi connectivity index (χ0) is 24.9. The molecule has 0 radical (unpaired) electrons. The second kappa shape index (κ2) is 10.8. The number of nitrogens with zero attached hydrogens (tertiary/aromatic N) is 1. The number of alkyl halides is 3. The lowest BCUT2D eigenvalue weighted by Crippen LogP contribution is -2.41. The predicted octanol–water partition coefficient (Wildman–Crippen LogP) is 4.66. The average Bonchev–Trinajstić information content (AvgIpc) is 2.79. The molecule has 0 aliphatic carbocycles. The van der Waals surface area contributed by atoms with Crippen molar-refractivity contribution in [3.8, 4) is 5.75 Å². The van der Waals surface area contributed by atoms with Gasteiger partial charge in [0.05, 0.1) is 5.92 Å². The van der Waals surface area contributed by atoms with Gasteiger partial charge in [0, 0.05) is 29.4 Å². The number of anilines is 1. The van der Waals surface area contributed by atoms with E-state index in [0.29, 0.717) is 36.5 Å². The van der Waals surface area contributed by atoms with Crippen LogP contribution in [0.25, 0.3) is 0 Å². The van der Waals surface area contributed by atoms with Crippen LogP contribution in [0.2, 0.25) is 5.02 Å². The van der Waals surface area contributed by atoms with E-state index in [0.717, 1.165) is 12.1 Å². The van der Waals surface area contributed by atoms with Crippen molar-refractivity contribution in [2.45, 2.75) is 32.2 Å². The molecule has 0 saturated carbocycles. The highest BCUT2D eigenvalue weighted by atomic mass is 35.5. The first-order valence-corrected chi connectivity index (χ1v) is 10.8. The van der Waals surface area contributed by atoms with Gasteiger partial charge in [0.15, 0.2) is 6.10 Å². The Balaban J connectivity index is 1.45. The maximum absolute atomic E-state index is 12.6. The molecule has 1 unspecified atom stereocenters. The molecule has 1 saturated heterocycles. The Labute approximate surface area is 198 Å². The third kappa shape index (κ3) is 7.11. The molecule has 1 N–H and O–H groups in total. The van der Waals surface area contributed by atoms with Gasteiger partial charge in [0.25, 0.3) is 11.8 Å². The van der Waals surface area contributed by atoms with Crippen molar-refractivity contribution < 1.29 is 37.0 Å². The van der Waals surface area contributed by atoms with E-state index in [9.17, 15) is 27.6 Å². The molecule has 182 valence electrons. The number of likely N-dealkylation sites (tertiary alicyclic amines) is 1. The van der Waals surface area contributed by atoms with Gasteiger partial charge in [-0.1, -0.05) is 11.6 Å². The number of hydrogen-bond acceptors (Lipinski definition) is 5. The summed E-state index contributed by atoms with van der Waals surface area (Å²) in [7, 11) is 0. The fourth-order valence-corrected chi connectivity index (χ4v) is 3.53. The number of esters is 1. The van der Waals surface area contributed by atoms with Gasteiger partial charge >= 0.3 is 12.3 Å². The monoisotopic (exact) mass is 498 g/mol. The number of piperidine rings is 1. The van der Waals surface area contributed by atoms with Crippen LogP contribution in [0.15, 0.2) is 48.5 Å². The molecule has 0 spiro atoms. The van der Waals surface area contributed by atoms with Crippen molar-refractivity contribution in [2.75, 3.05) is 18.4 Å². The van der Waals surface area contributed by atoms with Crippen molar-refractivity contribution in [3.63, 3.8) is 0 Å². The summed E-state index contributed by atoms with van der Waals surface area (Å²) < 4.78 is 45.7. The summed E-state index contributed by atoms with van der Waals surface area (Å²) in [6.45, 7) is 2.13. The Morgan fingerprint density at radius 1 is 1.03 bits per heavy atom. The van der Waals surface area contributed by atoms with Gasteiger partial charge in [0.2, 0.25) is 0 Å². The van der Waals surface area contributed by atoms with Crippen LogP contribution in [0.4, 0.5) is 18.9 Å². The van der Waals surface area contributed by atoms with E-state index in [1.165, 1.54) is 19.1 Å². The van der Waals surface area contributed by atoms with Crippen LogP contribution in [0.5, 0.6) is 5.75 Å². The molecule has 1 aliphatic heterocycles. The third-order valence-corrected chi connectivity index (χ3v) is 5.48. The lowest BCUT2D eigenvalue weighted by atomic mass is 9.96. The van der Waals surface area contributed by atoms with E-state index >= 15 is 0 Å². The number of ether oxygens (including phenoxy) is 2. The van der Waals surface area contributed by atoms with E-state index in [4.69, 9.17) is 16.3 Å². The summed E-state index contributed by atoms with van der Waals surface area (Å²) in [5.74, 6) is -2.21. The van der Waals surface area contributed by atoms with Crippen molar-refractivity contribution in [3.05, 3.63) is 59.1 Å². The number of carbonyl (C=O) groups excluding carboxylic acids is 3. The minimum absolute atomic E-state index is 0.150. The van der Waals surface area contributed by atoms with E-state index in [1.807, 2.05) is 0 Å². The summed E-state index contributed by atoms with van der Waals surface area (Å²) >= 11 is 5.85. The molecule has 1 atom stereocenters. The molecule has 1 aliphatic rings. The zero-order valence-corrected chi connectivity index (χ0v) is 18.9. The normalized spacial score (nSPS) is 15.4. The van der Waals surface area contributed by atoms with Crippen molar-refractivity contribution in [1.29, 1.82) is 0 Å². The third-order valence-electron chi connectivity index (χ3n) is 5.22. The van der Waals surface area contributed by atoms with Gasteiger partial charge in [-0.15, -0.1) is 13.2 Å². The fraction of sp³-hybridized carbons (Fsp3) is 0.348. The van der Waals surface area contributed by atoms with Gasteiger partial charge in [-0.3, -0.25) is 14.4 Å². The zero-order valence-electron chi connectivity index (χ0n) is 18.1. The minimum atomic E-state index is -4.81. The molecular weight excluding hydrogens is 477 g/mol. The fourth-order valence-electron chi connectivity index (χ4n) is 3.40. The second-order valence-electron chi connectivity index (χ2n) is 7.71. The first-order chi connectivity index (χ1) is 16.0. The highest BCUT2D eigenvalue weighted by Gasteiger charge is 2.32. The summed E-state index contributed by atoms with van der Waals surface area (Å²) in [4.78, 5) is 39.0. The Bertz CT molecular complexity index is 1020. The second-order valence-corrected chi connectivity index (χ2v) is 8.15. The predicted molar refractivity (Wildman–Crippen MR) is 117 cm³/mol. The van der Waals surface area contributed by atoms with Gasteiger partial charge in [-0.25, -0.2) is 0 Å². The summed E-state index contributed by atoms with van der Waals surface area (Å²) in [5, 5.41) is 3.00. The SMILES string of the molecule is CC(OC(=O)C1CCN(C(=O)c2ccc(Cl)cc2)CC1)C(=O)Nc1ccc(OC(F)(F)F)cc1. The van der Waals surface area contributed by atoms with Crippen LogP contribution < -0.4 is 10.1 Å². The van der Waals surface area contributed by atoms with Gasteiger partial charge in [-0.05, 0) is 68.3 Å². The maximum atomic E-state index is 12.6. The van der Waals surface area contributed by atoms with Crippen molar-refractivity contribution in [2.24, 2.45) is 5.92 Å². The number of carbonyl (C=O) groups is 3. The average molecular weight is 499 g/mol. The Morgan fingerprint density at radius 2 is 1.62 bits per heavy atom. The van der Waals surface area contributed by atoms with Crippen LogP contribution in [0.3, 0.4) is 0 Å². The lowest BCUT2D eigenvalue weighted by Gasteiger charge is -2.31. The number of halogens is 4. The highest BCUT2D eigenvalue weighted by molar-refractivity contribution is 6.30. The van der Waals surface area contributed by atoms with Crippen LogP contribution in [0.1, 0.15) is 30.1 Å². The molecule has 1 fully saturated rings. The molecule has 3 rings (SSSR count). The number of nitrogens with one attached hydrogen (secondary N) is 1. The van der Waals surface area contributed by atoms with Crippen molar-refractivity contribution in [1.82, 2.24) is 4.90 Å².